The average molecular weight is 242 g/mol. The molecule has 0 aliphatic heterocycles. The number of nitrogens with one attached hydrogen (secondary N) is 1. The zero-order valence-corrected chi connectivity index (χ0v) is 12.5. The van der Waals surface area contributed by atoms with Crippen LogP contribution in [0, 0.1) is 11.3 Å². The first-order valence-electron chi connectivity index (χ1n) is 6.81. The van der Waals surface area contributed by atoms with Gasteiger partial charge in [-0.25, -0.2) is 0 Å². The predicted molar refractivity (Wildman–Crippen MR) is 74.0 cm³/mol. The Morgan fingerprint density at radius 2 is 1.76 bits per heavy atom. The lowest BCUT2D eigenvalue weighted by molar-refractivity contribution is -0.130. The zero-order chi connectivity index (χ0) is 13.5. The van der Waals surface area contributed by atoms with Crippen LogP contribution >= 0.6 is 0 Å². The van der Waals surface area contributed by atoms with Gasteiger partial charge in [-0.1, -0.05) is 27.7 Å². The Morgan fingerprint density at radius 1 is 1.24 bits per heavy atom. The Kier molecular flexibility index (Phi) is 7.44. The van der Waals surface area contributed by atoms with Gasteiger partial charge in [-0.2, -0.15) is 0 Å². The van der Waals surface area contributed by atoms with Crippen molar-refractivity contribution in [2.24, 2.45) is 11.3 Å². The highest BCUT2D eigenvalue weighted by atomic mass is 16.2. The van der Waals surface area contributed by atoms with Crippen LogP contribution in [-0.2, 0) is 4.79 Å². The topological polar surface area (TPSA) is 32.3 Å². The van der Waals surface area contributed by atoms with Crippen molar-refractivity contribution in [1.82, 2.24) is 10.2 Å². The monoisotopic (exact) mass is 242 g/mol. The second-order valence-electron chi connectivity index (χ2n) is 5.79. The van der Waals surface area contributed by atoms with E-state index in [9.17, 15) is 4.79 Å². The van der Waals surface area contributed by atoms with E-state index in [1.165, 1.54) is 0 Å². The summed E-state index contributed by atoms with van der Waals surface area (Å²) >= 11 is 0. The number of hydrogen-bond acceptors (Lipinski definition) is 2. The number of carbonyl (C=O) groups excluding carboxylic acids is 1. The highest BCUT2D eigenvalue weighted by molar-refractivity contribution is 5.76. The maximum Gasteiger partial charge on any atom is 0.223 e. The Balaban J connectivity index is 3.75. The molecule has 0 spiro atoms. The molecular formula is C14H30N2O. The molecule has 1 N–H and O–H groups in total. The second-order valence-corrected chi connectivity index (χ2v) is 5.79. The largest absolute Gasteiger partial charge is 0.343 e. The number of rotatable bonds is 7. The van der Waals surface area contributed by atoms with Crippen molar-refractivity contribution < 1.29 is 4.79 Å². The molecule has 0 rings (SSSR count). The van der Waals surface area contributed by atoms with E-state index in [-0.39, 0.29) is 5.91 Å². The molecule has 0 saturated carbocycles. The van der Waals surface area contributed by atoms with E-state index >= 15 is 0 Å². The molecule has 0 radical (unpaired) electrons. The summed E-state index contributed by atoms with van der Waals surface area (Å²) in [5.74, 6) is 0.872. The smallest absolute Gasteiger partial charge is 0.223 e. The van der Waals surface area contributed by atoms with E-state index in [2.05, 4.69) is 33.0 Å². The van der Waals surface area contributed by atoms with Gasteiger partial charge in [0, 0.05) is 26.1 Å². The van der Waals surface area contributed by atoms with Gasteiger partial charge in [0.05, 0.1) is 0 Å². The Bertz CT molecular complexity index is 217. The first kappa shape index (κ1) is 16.4. The third-order valence-corrected chi connectivity index (χ3v) is 3.56. The molecule has 0 aliphatic rings. The van der Waals surface area contributed by atoms with Gasteiger partial charge in [0.1, 0.15) is 0 Å². The lowest BCUT2D eigenvalue weighted by Crippen LogP contribution is -2.35. The molecular weight excluding hydrogens is 212 g/mol. The van der Waals surface area contributed by atoms with Gasteiger partial charge >= 0.3 is 0 Å². The summed E-state index contributed by atoms with van der Waals surface area (Å²) in [6, 6.07) is 0. The maximum atomic E-state index is 11.7. The number of amides is 1. The van der Waals surface area contributed by atoms with Crippen molar-refractivity contribution >= 4 is 5.91 Å². The summed E-state index contributed by atoms with van der Waals surface area (Å²) in [5, 5.41) is 3.38. The van der Waals surface area contributed by atoms with Gasteiger partial charge in [0.15, 0.2) is 0 Å². The van der Waals surface area contributed by atoms with E-state index in [1.807, 2.05) is 18.7 Å². The fourth-order valence-corrected chi connectivity index (χ4v) is 1.55. The summed E-state index contributed by atoms with van der Waals surface area (Å²) in [7, 11) is 0. The molecule has 3 nitrogen and oxygen atoms in total. The van der Waals surface area contributed by atoms with Crippen LogP contribution < -0.4 is 5.32 Å². The molecule has 0 aromatic carbocycles. The molecule has 1 unspecified atom stereocenters. The molecule has 0 fully saturated rings. The Morgan fingerprint density at radius 3 is 2.18 bits per heavy atom. The molecule has 0 heterocycles. The highest BCUT2D eigenvalue weighted by Crippen LogP contribution is 2.24. The molecule has 0 aromatic heterocycles. The molecule has 0 aliphatic carbocycles. The maximum absolute atomic E-state index is 11.7. The van der Waals surface area contributed by atoms with Gasteiger partial charge in [0.25, 0.3) is 0 Å². The van der Waals surface area contributed by atoms with Crippen LogP contribution in [0.25, 0.3) is 0 Å². The minimum absolute atomic E-state index is 0.255. The number of carbonyl (C=O) groups is 1. The molecule has 1 atom stereocenters. The van der Waals surface area contributed by atoms with Gasteiger partial charge in [-0.05, 0) is 31.7 Å². The SMILES string of the molecule is CCN(CC)C(=O)CCNCC(C)C(C)(C)C. The highest BCUT2D eigenvalue weighted by Gasteiger charge is 2.19. The fraction of sp³-hybridized carbons (Fsp3) is 0.929. The van der Waals surface area contributed by atoms with Crippen molar-refractivity contribution in [3.63, 3.8) is 0 Å². The lowest BCUT2D eigenvalue weighted by Gasteiger charge is -2.27. The van der Waals surface area contributed by atoms with Gasteiger partial charge < -0.3 is 10.2 Å². The summed E-state index contributed by atoms with van der Waals surface area (Å²) in [6.45, 7) is 16.4. The van der Waals surface area contributed by atoms with Crippen molar-refractivity contribution in [3.05, 3.63) is 0 Å². The van der Waals surface area contributed by atoms with Crippen LogP contribution in [0.4, 0.5) is 0 Å². The van der Waals surface area contributed by atoms with Gasteiger partial charge in [0.2, 0.25) is 5.91 Å². The summed E-state index contributed by atoms with van der Waals surface area (Å²) in [4.78, 5) is 13.6. The zero-order valence-electron chi connectivity index (χ0n) is 12.5. The molecule has 17 heavy (non-hydrogen) atoms. The molecule has 1 amide bonds. The van der Waals surface area contributed by atoms with Crippen molar-refractivity contribution in [2.75, 3.05) is 26.2 Å². The quantitative estimate of drug-likeness (QED) is 0.696. The Hall–Kier alpha value is -0.570. The standard InChI is InChI=1S/C14H30N2O/c1-7-16(8-2)13(17)9-10-15-11-12(3)14(4,5)6/h12,15H,7-11H2,1-6H3. The Labute approximate surface area is 107 Å². The van der Waals surface area contributed by atoms with Crippen LogP contribution in [0.15, 0.2) is 0 Å². The molecule has 0 saturated heterocycles. The van der Waals surface area contributed by atoms with Crippen LogP contribution in [0.3, 0.4) is 0 Å². The van der Waals surface area contributed by atoms with Crippen molar-refractivity contribution in [3.8, 4) is 0 Å². The van der Waals surface area contributed by atoms with Crippen molar-refractivity contribution in [1.29, 1.82) is 0 Å². The number of hydrogen-bond donors (Lipinski definition) is 1. The van der Waals surface area contributed by atoms with Crippen LogP contribution in [0.2, 0.25) is 0 Å². The lowest BCUT2D eigenvalue weighted by atomic mass is 9.82. The first-order chi connectivity index (χ1) is 7.82. The van der Waals surface area contributed by atoms with E-state index in [0.29, 0.717) is 17.8 Å². The molecule has 0 bridgehead atoms. The summed E-state index contributed by atoms with van der Waals surface area (Å²) in [5.41, 5.74) is 0.329. The molecule has 0 aromatic rings. The fourth-order valence-electron chi connectivity index (χ4n) is 1.55. The molecule has 102 valence electrons. The summed E-state index contributed by atoms with van der Waals surface area (Å²) < 4.78 is 0. The van der Waals surface area contributed by atoms with Gasteiger partial charge in [-0.15, -0.1) is 0 Å². The third-order valence-electron chi connectivity index (χ3n) is 3.56. The second kappa shape index (κ2) is 7.70. The summed E-state index contributed by atoms with van der Waals surface area (Å²) in [6.07, 6.45) is 0.610. The normalized spacial score (nSPS) is 13.5. The van der Waals surface area contributed by atoms with Crippen LogP contribution in [0.1, 0.15) is 48.0 Å². The van der Waals surface area contributed by atoms with E-state index in [0.717, 1.165) is 26.2 Å². The van der Waals surface area contributed by atoms with E-state index < -0.39 is 0 Å². The van der Waals surface area contributed by atoms with Crippen LogP contribution in [0.5, 0.6) is 0 Å². The number of nitrogens with zero attached hydrogens (tertiary/aromatic N) is 1. The van der Waals surface area contributed by atoms with E-state index in [4.69, 9.17) is 0 Å². The van der Waals surface area contributed by atoms with Gasteiger partial charge in [-0.3, -0.25) is 4.79 Å². The van der Waals surface area contributed by atoms with Crippen LogP contribution in [-0.4, -0.2) is 37.0 Å². The van der Waals surface area contributed by atoms with E-state index in [1.54, 1.807) is 0 Å². The average Bonchev–Trinajstić information content (AvgIpc) is 2.24. The predicted octanol–water partition coefficient (Wildman–Crippen LogP) is 2.52. The van der Waals surface area contributed by atoms with Crippen molar-refractivity contribution in [2.45, 2.75) is 48.0 Å². The minimum Gasteiger partial charge on any atom is -0.343 e. The minimum atomic E-state index is 0.255. The molecule has 3 heteroatoms. The first-order valence-corrected chi connectivity index (χ1v) is 6.81. The third kappa shape index (κ3) is 6.67.